The van der Waals surface area contributed by atoms with Gasteiger partial charge in [-0.3, -0.25) is 4.57 Å². The smallest absolute Gasteiger partial charge is 0.330 e. The number of aliphatic hydroxyl groups is 1. The summed E-state index contributed by atoms with van der Waals surface area (Å²) >= 11 is 0. The zero-order valence-electron chi connectivity index (χ0n) is 8.18. The normalized spacial score (nSPS) is 10.5. The first kappa shape index (κ1) is 9.73. The molecule has 0 atom stereocenters. The zero-order chi connectivity index (χ0) is 10.7. The molecule has 4 nitrogen and oxygen atoms in total. The lowest BCUT2D eigenvalue weighted by Crippen LogP contribution is -2.13. The van der Waals surface area contributed by atoms with Crippen molar-refractivity contribution in [1.29, 1.82) is 0 Å². The van der Waals surface area contributed by atoms with E-state index in [2.05, 4.69) is 4.98 Å². The Morgan fingerprint density at radius 3 is 2.53 bits per heavy atom. The molecule has 1 aromatic carbocycles. The summed E-state index contributed by atoms with van der Waals surface area (Å²) in [5, 5.41) is 8.76. The fourth-order valence-corrected chi connectivity index (χ4v) is 1.48. The molecule has 0 aliphatic carbocycles. The van der Waals surface area contributed by atoms with Gasteiger partial charge in [0.05, 0.1) is 5.69 Å². The predicted octanol–water partition coefficient (Wildman–Crippen LogP) is 0.700. The van der Waals surface area contributed by atoms with E-state index in [1.165, 1.54) is 4.57 Å². The van der Waals surface area contributed by atoms with Crippen molar-refractivity contribution in [3.8, 4) is 5.69 Å². The van der Waals surface area contributed by atoms with Gasteiger partial charge in [0, 0.05) is 19.0 Å². The van der Waals surface area contributed by atoms with Crippen LogP contribution < -0.4 is 5.69 Å². The van der Waals surface area contributed by atoms with Gasteiger partial charge in [-0.2, -0.15) is 0 Å². The first-order valence-electron chi connectivity index (χ1n) is 4.77. The quantitative estimate of drug-likeness (QED) is 0.773. The third-order valence-corrected chi connectivity index (χ3v) is 2.26. The average Bonchev–Trinajstić information content (AvgIpc) is 2.66. The van der Waals surface area contributed by atoms with E-state index in [-0.39, 0.29) is 12.3 Å². The summed E-state index contributed by atoms with van der Waals surface area (Å²) in [5.41, 5.74) is 1.73. The first-order valence-corrected chi connectivity index (χ1v) is 4.77. The Hall–Kier alpha value is -1.81. The third kappa shape index (κ3) is 1.99. The maximum Gasteiger partial charge on any atom is 0.330 e. The number of benzene rings is 1. The number of nitrogens with zero attached hydrogens (tertiary/aromatic N) is 1. The molecule has 1 heterocycles. The maximum atomic E-state index is 11.3. The Labute approximate surface area is 86.8 Å². The topological polar surface area (TPSA) is 58.0 Å². The molecule has 0 spiro atoms. The summed E-state index contributed by atoms with van der Waals surface area (Å²) < 4.78 is 1.53. The average molecular weight is 204 g/mol. The van der Waals surface area contributed by atoms with E-state index < -0.39 is 0 Å². The summed E-state index contributed by atoms with van der Waals surface area (Å²) in [6.45, 7) is 0.142. The van der Waals surface area contributed by atoms with Gasteiger partial charge in [-0.1, -0.05) is 12.1 Å². The number of imidazole rings is 1. The molecule has 0 unspecified atom stereocenters. The number of rotatable bonds is 3. The minimum atomic E-state index is -0.148. The minimum Gasteiger partial charge on any atom is -0.396 e. The molecule has 0 amide bonds. The number of aliphatic hydroxyl groups excluding tert-OH is 1. The summed E-state index contributed by atoms with van der Waals surface area (Å²) in [7, 11) is 0. The molecule has 0 aliphatic heterocycles. The van der Waals surface area contributed by atoms with Crippen molar-refractivity contribution >= 4 is 0 Å². The summed E-state index contributed by atoms with van der Waals surface area (Å²) in [5.74, 6) is 0. The van der Waals surface area contributed by atoms with Gasteiger partial charge in [0.15, 0.2) is 0 Å². The van der Waals surface area contributed by atoms with Crippen LogP contribution in [0.5, 0.6) is 0 Å². The second-order valence-corrected chi connectivity index (χ2v) is 3.28. The fraction of sp³-hybridized carbons (Fsp3) is 0.182. The Balaban J connectivity index is 2.32. The van der Waals surface area contributed by atoms with Crippen LogP contribution in [0.2, 0.25) is 0 Å². The van der Waals surface area contributed by atoms with E-state index in [1.807, 2.05) is 24.3 Å². The number of hydrogen-bond donors (Lipinski definition) is 2. The lowest BCUT2D eigenvalue weighted by molar-refractivity contribution is 0.299. The van der Waals surface area contributed by atoms with Crippen molar-refractivity contribution in [3.05, 3.63) is 52.7 Å². The number of hydrogen-bond acceptors (Lipinski definition) is 2. The van der Waals surface area contributed by atoms with E-state index >= 15 is 0 Å². The summed E-state index contributed by atoms with van der Waals surface area (Å²) in [6, 6.07) is 7.54. The van der Waals surface area contributed by atoms with Crippen molar-refractivity contribution in [1.82, 2.24) is 9.55 Å². The van der Waals surface area contributed by atoms with Crippen LogP contribution in [0.15, 0.2) is 41.5 Å². The van der Waals surface area contributed by atoms with Crippen LogP contribution in [0.3, 0.4) is 0 Å². The molecule has 0 radical (unpaired) electrons. The van der Waals surface area contributed by atoms with E-state index in [0.717, 1.165) is 11.3 Å². The Bertz CT molecular complexity index is 482. The lowest BCUT2D eigenvalue weighted by atomic mass is 10.1. The fourth-order valence-electron chi connectivity index (χ4n) is 1.48. The Kier molecular flexibility index (Phi) is 2.69. The van der Waals surface area contributed by atoms with Crippen LogP contribution in [-0.4, -0.2) is 21.3 Å². The molecule has 0 bridgehead atoms. The van der Waals surface area contributed by atoms with Crippen LogP contribution in [0, 0.1) is 0 Å². The monoisotopic (exact) mass is 204 g/mol. The van der Waals surface area contributed by atoms with Crippen molar-refractivity contribution < 1.29 is 5.11 Å². The number of nitrogens with one attached hydrogen (secondary N) is 1. The molecule has 2 aromatic rings. The van der Waals surface area contributed by atoms with E-state index in [0.29, 0.717) is 6.42 Å². The molecule has 0 aliphatic rings. The molecular weight excluding hydrogens is 192 g/mol. The van der Waals surface area contributed by atoms with Gasteiger partial charge in [0.25, 0.3) is 0 Å². The van der Waals surface area contributed by atoms with Crippen molar-refractivity contribution in [2.45, 2.75) is 6.42 Å². The largest absolute Gasteiger partial charge is 0.396 e. The molecule has 2 rings (SSSR count). The zero-order valence-corrected chi connectivity index (χ0v) is 8.18. The second-order valence-electron chi connectivity index (χ2n) is 3.28. The van der Waals surface area contributed by atoms with E-state index in [4.69, 9.17) is 5.11 Å². The number of aromatic amines is 1. The highest BCUT2D eigenvalue weighted by molar-refractivity contribution is 5.34. The summed E-state index contributed by atoms with van der Waals surface area (Å²) in [6.07, 6.45) is 3.93. The molecule has 2 N–H and O–H groups in total. The van der Waals surface area contributed by atoms with E-state index in [9.17, 15) is 4.79 Å². The van der Waals surface area contributed by atoms with Crippen LogP contribution in [-0.2, 0) is 6.42 Å². The van der Waals surface area contributed by atoms with Gasteiger partial charge in [-0.25, -0.2) is 4.79 Å². The molecule has 4 heteroatoms. The van der Waals surface area contributed by atoms with Crippen molar-refractivity contribution in [2.24, 2.45) is 0 Å². The number of H-pyrrole nitrogens is 1. The first-order chi connectivity index (χ1) is 7.31. The van der Waals surface area contributed by atoms with Gasteiger partial charge in [0.2, 0.25) is 0 Å². The van der Waals surface area contributed by atoms with Gasteiger partial charge in [-0.15, -0.1) is 0 Å². The predicted molar refractivity (Wildman–Crippen MR) is 57.2 cm³/mol. The molecule has 0 fully saturated rings. The molecule has 15 heavy (non-hydrogen) atoms. The van der Waals surface area contributed by atoms with E-state index in [1.54, 1.807) is 12.4 Å². The van der Waals surface area contributed by atoms with Crippen LogP contribution in [0.4, 0.5) is 0 Å². The van der Waals surface area contributed by atoms with Crippen molar-refractivity contribution in [3.63, 3.8) is 0 Å². The summed E-state index contributed by atoms with van der Waals surface area (Å²) in [4.78, 5) is 13.9. The molecule has 0 saturated carbocycles. The van der Waals surface area contributed by atoms with Crippen molar-refractivity contribution in [2.75, 3.05) is 6.61 Å². The van der Waals surface area contributed by atoms with Crippen LogP contribution >= 0.6 is 0 Å². The highest BCUT2D eigenvalue weighted by Gasteiger charge is 1.99. The second kappa shape index (κ2) is 4.14. The highest BCUT2D eigenvalue weighted by Crippen LogP contribution is 2.07. The maximum absolute atomic E-state index is 11.3. The molecular formula is C11H12N2O2. The lowest BCUT2D eigenvalue weighted by Gasteiger charge is -2.02. The van der Waals surface area contributed by atoms with Gasteiger partial charge in [-0.05, 0) is 24.1 Å². The Morgan fingerprint density at radius 2 is 2.00 bits per heavy atom. The Morgan fingerprint density at radius 1 is 1.27 bits per heavy atom. The van der Waals surface area contributed by atoms with Gasteiger partial charge in [0.1, 0.15) is 0 Å². The number of aromatic nitrogens is 2. The molecule has 1 aromatic heterocycles. The van der Waals surface area contributed by atoms with Gasteiger partial charge < -0.3 is 10.1 Å². The SMILES string of the molecule is O=c1[nH]ccn1-c1ccc(CCO)cc1. The minimum absolute atomic E-state index is 0.142. The van der Waals surface area contributed by atoms with Crippen LogP contribution in [0.25, 0.3) is 5.69 Å². The highest BCUT2D eigenvalue weighted by atomic mass is 16.2. The standard InChI is InChI=1S/C11H12N2O2/c14-8-5-9-1-3-10(4-2-9)13-7-6-12-11(13)15/h1-4,6-7,14H,5,8H2,(H,12,15). The third-order valence-electron chi connectivity index (χ3n) is 2.26. The van der Waals surface area contributed by atoms with Crippen LogP contribution in [0.1, 0.15) is 5.56 Å². The molecule has 0 saturated heterocycles. The molecule has 78 valence electrons. The van der Waals surface area contributed by atoms with Gasteiger partial charge >= 0.3 is 5.69 Å².